The van der Waals surface area contributed by atoms with Crippen LogP contribution in [0.15, 0.2) is 22.6 Å². The van der Waals surface area contributed by atoms with Gasteiger partial charge in [-0.25, -0.2) is 4.98 Å². The number of aryl methyl sites for hydroxylation is 1. The first-order valence-corrected chi connectivity index (χ1v) is 5.98. The molecule has 17 heavy (non-hydrogen) atoms. The molecule has 0 spiro atoms. The summed E-state index contributed by atoms with van der Waals surface area (Å²) in [5.74, 6) is 0.664. The number of nitrogens with two attached hydrogens (primary N) is 1. The van der Waals surface area contributed by atoms with Gasteiger partial charge in [-0.05, 0) is 18.2 Å². The number of benzene rings is 1. The molecule has 0 aliphatic heterocycles. The van der Waals surface area contributed by atoms with Gasteiger partial charge in [0.1, 0.15) is 15.5 Å². The molecule has 0 saturated carbocycles. The molecule has 0 unspecified atom stereocenters. The predicted octanol–water partition coefficient (Wildman–Crippen LogP) is 2.11. The van der Waals surface area contributed by atoms with Gasteiger partial charge in [-0.2, -0.15) is 0 Å². The summed E-state index contributed by atoms with van der Waals surface area (Å²) in [6, 6.07) is 5.80. The van der Waals surface area contributed by atoms with Crippen LogP contribution >= 0.6 is 11.3 Å². The Kier molecular flexibility index (Phi) is 2.38. The highest BCUT2D eigenvalue weighted by Gasteiger charge is 2.08. The van der Waals surface area contributed by atoms with E-state index in [9.17, 15) is 0 Å². The van der Waals surface area contributed by atoms with Crippen molar-refractivity contribution in [1.29, 1.82) is 0 Å². The fourth-order valence-corrected chi connectivity index (χ4v) is 2.34. The average molecular weight is 246 g/mol. The van der Waals surface area contributed by atoms with Gasteiger partial charge in [0.25, 0.3) is 0 Å². The second kappa shape index (κ2) is 3.90. The summed E-state index contributed by atoms with van der Waals surface area (Å²) in [7, 11) is 0. The maximum atomic E-state index is 5.52. The fraction of sp³-hybridized carbons (Fsp3) is 0.182. The second-order valence-electron chi connectivity index (χ2n) is 3.62. The summed E-state index contributed by atoms with van der Waals surface area (Å²) >= 11 is 1.50. The third-order valence-corrected chi connectivity index (χ3v) is 3.38. The highest BCUT2D eigenvalue weighted by atomic mass is 32.1. The molecule has 86 valence electrons. The molecule has 2 heterocycles. The Morgan fingerprint density at radius 1 is 1.35 bits per heavy atom. The van der Waals surface area contributed by atoms with Crippen LogP contribution in [0.2, 0.25) is 0 Å². The summed E-state index contributed by atoms with van der Waals surface area (Å²) in [6.07, 6.45) is 0. The molecule has 1 aromatic carbocycles. The van der Waals surface area contributed by atoms with E-state index in [2.05, 4.69) is 15.2 Å². The van der Waals surface area contributed by atoms with Crippen LogP contribution in [0.25, 0.3) is 21.7 Å². The van der Waals surface area contributed by atoms with E-state index in [1.807, 2.05) is 25.1 Å². The Morgan fingerprint density at radius 2 is 2.24 bits per heavy atom. The lowest BCUT2D eigenvalue weighted by molar-refractivity contribution is 0.561. The minimum absolute atomic E-state index is 0.420. The normalized spacial score (nSPS) is 11.2. The Hall–Kier alpha value is -1.79. The van der Waals surface area contributed by atoms with Crippen LogP contribution in [0.3, 0.4) is 0 Å². The van der Waals surface area contributed by atoms with Crippen LogP contribution < -0.4 is 5.73 Å². The SMILES string of the molecule is Cc1nc2cc(-c3nnc(CN)s3)ccc2o1. The number of oxazole rings is 1. The monoisotopic (exact) mass is 246 g/mol. The smallest absolute Gasteiger partial charge is 0.192 e. The van der Waals surface area contributed by atoms with E-state index in [1.165, 1.54) is 11.3 Å². The maximum Gasteiger partial charge on any atom is 0.192 e. The van der Waals surface area contributed by atoms with Gasteiger partial charge in [-0.3, -0.25) is 0 Å². The molecular formula is C11H10N4OS. The lowest BCUT2D eigenvalue weighted by atomic mass is 10.2. The molecule has 0 bridgehead atoms. The Balaban J connectivity index is 2.10. The van der Waals surface area contributed by atoms with Gasteiger partial charge in [0, 0.05) is 19.0 Å². The first-order chi connectivity index (χ1) is 8.26. The van der Waals surface area contributed by atoms with Crippen molar-refractivity contribution in [2.75, 3.05) is 0 Å². The third kappa shape index (κ3) is 1.81. The topological polar surface area (TPSA) is 77.8 Å². The second-order valence-corrected chi connectivity index (χ2v) is 4.68. The van der Waals surface area contributed by atoms with Crippen molar-refractivity contribution in [2.24, 2.45) is 5.73 Å². The molecule has 3 aromatic rings. The fourth-order valence-electron chi connectivity index (χ4n) is 1.63. The van der Waals surface area contributed by atoms with Crippen LogP contribution in [-0.4, -0.2) is 15.2 Å². The summed E-state index contributed by atoms with van der Waals surface area (Å²) < 4.78 is 5.42. The van der Waals surface area contributed by atoms with Crippen LogP contribution in [0.5, 0.6) is 0 Å². The first kappa shape index (κ1) is 10.4. The van der Waals surface area contributed by atoms with Crippen molar-refractivity contribution >= 4 is 22.4 Å². The number of nitrogens with zero attached hydrogens (tertiary/aromatic N) is 3. The van der Waals surface area contributed by atoms with Crippen LogP contribution in [0.4, 0.5) is 0 Å². The molecular weight excluding hydrogens is 236 g/mol. The highest BCUT2D eigenvalue weighted by Crippen LogP contribution is 2.26. The quantitative estimate of drug-likeness (QED) is 0.749. The van der Waals surface area contributed by atoms with E-state index >= 15 is 0 Å². The minimum Gasteiger partial charge on any atom is -0.441 e. The van der Waals surface area contributed by atoms with Crippen molar-refractivity contribution in [3.63, 3.8) is 0 Å². The number of fused-ring (bicyclic) bond motifs is 1. The van der Waals surface area contributed by atoms with Gasteiger partial charge < -0.3 is 10.2 Å². The molecule has 0 fully saturated rings. The summed E-state index contributed by atoms with van der Waals surface area (Å²) in [6.45, 7) is 2.25. The Bertz CT molecular complexity index is 673. The maximum absolute atomic E-state index is 5.52. The third-order valence-electron chi connectivity index (χ3n) is 2.38. The van der Waals surface area contributed by atoms with Gasteiger partial charge >= 0.3 is 0 Å². The Labute approximate surface area is 101 Å². The zero-order valence-corrected chi connectivity index (χ0v) is 9.99. The van der Waals surface area contributed by atoms with E-state index in [-0.39, 0.29) is 0 Å². The van der Waals surface area contributed by atoms with Crippen LogP contribution in [0, 0.1) is 6.92 Å². The molecule has 2 N–H and O–H groups in total. The van der Waals surface area contributed by atoms with Crippen molar-refractivity contribution < 1.29 is 4.42 Å². The van der Waals surface area contributed by atoms with Crippen molar-refractivity contribution in [3.8, 4) is 10.6 Å². The van der Waals surface area contributed by atoms with Crippen molar-refractivity contribution in [2.45, 2.75) is 13.5 Å². The first-order valence-electron chi connectivity index (χ1n) is 5.16. The van der Waals surface area contributed by atoms with Gasteiger partial charge in [-0.1, -0.05) is 11.3 Å². The number of hydrogen-bond acceptors (Lipinski definition) is 6. The van der Waals surface area contributed by atoms with Gasteiger partial charge in [0.15, 0.2) is 11.5 Å². The van der Waals surface area contributed by atoms with Gasteiger partial charge in [-0.15, -0.1) is 10.2 Å². The largest absolute Gasteiger partial charge is 0.441 e. The minimum atomic E-state index is 0.420. The van der Waals surface area contributed by atoms with E-state index in [1.54, 1.807) is 0 Å². The molecule has 0 saturated heterocycles. The van der Waals surface area contributed by atoms with Gasteiger partial charge in [0.05, 0.1) is 0 Å². The van der Waals surface area contributed by atoms with E-state index < -0.39 is 0 Å². The summed E-state index contributed by atoms with van der Waals surface area (Å²) in [4.78, 5) is 4.29. The molecule has 0 aliphatic rings. The zero-order chi connectivity index (χ0) is 11.8. The number of hydrogen-bond donors (Lipinski definition) is 1. The van der Waals surface area contributed by atoms with Crippen molar-refractivity contribution in [3.05, 3.63) is 29.1 Å². The molecule has 0 amide bonds. The molecule has 3 rings (SSSR count). The van der Waals surface area contributed by atoms with E-state index in [0.717, 1.165) is 26.7 Å². The summed E-state index contributed by atoms with van der Waals surface area (Å²) in [5, 5.41) is 9.78. The van der Waals surface area contributed by atoms with E-state index in [0.29, 0.717) is 12.4 Å². The lowest BCUT2D eigenvalue weighted by Gasteiger charge is -1.93. The number of aromatic nitrogens is 3. The number of rotatable bonds is 2. The van der Waals surface area contributed by atoms with Crippen LogP contribution in [0.1, 0.15) is 10.9 Å². The zero-order valence-electron chi connectivity index (χ0n) is 9.17. The average Bonchev–Trinajstić information content (AvgIpc) is 2.92. The summed E-state index contributed by atoms with van der Waals surface area (Å²) in [5.41, 5.74) is 8.13. The Morgan fingerprint density at radius 3 is 3.00 bits per heavy atom. The van der Waals surface area contributed by atoms with E-state index in [4.69, 9.17) is 10.2 Å². The molecule has 0 aliphatic carbocycles. The van der Waals surface area contributed by atoms with Crippen molar-refractivity contribution in [1.82, 2.24) is 15.2 Å². The van der Waals surface area contributed by atoms with Crippen LogP contribution in [-0.2, 0) is 6.54 Å². The standard InChI is InChI=1S/C11H10N4OS/c1-6-13-8-4-7(2-3-9(8)16-6)11-15-14-10(5-12)17-11/h2-4H,5,12H2,1H3. The molecule has 0 radical (unpaired) electrons. The lowest BCUT2D eigenvalue weighted by Crippen LogP contribution is -1.94. The molecule has 2 aromatic heterocycles. The molecule has 6 heteroatoms. The molecule has 5 nitrogen and oxygen atoms in total. The predicted molar refractivity (Wildman–Crippen MR) is 65.5 cm³/mol. The highest BCUT2D eigenvalue weighted by molar-refractivity contribution is 7.14. The van der Waals surface area contributed by atoms with Gasteiger partial charge in [0.2, 0.25) is 0 Å². The molecule has 0 atom stereocenters.